The average Bonchev–Trinajstić information content (AvgIpc) is 3.05. The molecular formula is C13H14N2O4S. The van der Waals surface area contributed by atoms with Gasteiger partial charge >= 0.3 is 5.97 Å². The fraction of sp³-hybridized carbons (Fsp3) is 0.385. The normalized spacial score (nSPS) is 19.6. The quantitative estimate of drug-likeness (QED) is 0.628. The van der Waals surface area contributed by atoms with Crippen molar-refractivity contribution in [3.63, 3.8) is 0 Å². The molecule has 2 aliphatic heterocycles. The minimum atomic E-state index is -0.341. The third-order valence-electron chi connectivity index (χ3n) is 3.13. The zero-order chi connectivity index (χ0) is 13.9. The van der Waals surface area contributed by atoms with Crippen LogP contribution in [0.3, 0.4) is 0 Å². The van der Waals surface area contributed by atoms with Gasteiger partial charge in [0.25, 0.3) is 0 Å². The zero-order valence-electron chi connectivity index (χ0n) is 10.7. The fourth-order valence-corrected chi connectivity index (χ4v) is 2.28. The van der Waals surface area contributed by atoms with Gasteiger partial charge in [-0.2, -0.15) is 0 Å². The maximum Gasteiger partial charge on any atom is 0.328 e. The maximum absolute atomic E-state index is 11.3. The van der Waals surface area contributed by atoms with Gasteiger partial charge in [-0.1, -0.05) is 6.07 Å². The van der Waals surface area contributed by atoms with Crippen LogP contribution >= 0.6 is 12.2 Å². The highest BCUT2D eigenvalue weighted by molar-refractivity contribution is 7.80. The van der Waals surface area contributed by atoms with Crippen LogP contribution < -0.4 is 20.1 Å². The van der Waals surface area contributed by atoms with E-state index < -0.39 is 0 Å². The Morgan fingerprint density at radius 1 is 1.30 bits per heavy atom. The number of benzene rings is 1. The first kappa shape index (κ1) is 13.0. The zero-order valence-corrected chi connectivity index (χ0v) is 11.5. The van der Waals surface area contributed by atoms with E-state index in [0.717, 1.165) is 17.1 Å². The molecule has 0 aromatic heterocycles. The summed E-state index contributed by atoms with van der Waals surface area (Å²) in [5, 5.41) is 6.43. The van der Waals surface area contributed by atoms with Gasteiger partial charge in [0.1, 0.15) is 6.04 Å². The Kier molecular flexibility index (Phi) is 3.60. The fourth-order valence-electron chi connectivity index (χ4n) is 2.07. The van der Waals surface area contributed by atoms with Gasteiger partial charge in [0, 0.05) is 13.0 Å². The van der Waals surface area contributed by atoms with Gasteiger partial charge in [0.15, 0.2) is 16.6 Å². The SMILES string of the molecule is O=C1OCCC1NC(=S)NCc1ccc2c(c1)OCO2. The molecule has 3 rings (SSSR count). The molecule has 0 saturated carbocycles. The van der Waals surface area contributed by atoms with E-state index in [4.69, 9.17) is 26.4 Å². The van der Waals surface area contributed by atoms with Crippen molar-refractivity contribution in [1.82, 2.24) is 10.6 Å². The van der Waals surface area contributed by atoms with E-state index in [1.54, 1.807) is 0 Å². The predicted molar refractivity (Wildman–Crippen MR) is 74.5 cm³/mol. The molecule has 1 aromatic rings. The molecule has 2 aliphatic rings. The van der Waals surface area contributed by atoms with Crippen molar-refractivity contribution in [1.29, 1.82) is 0 Å². The van der Waals surface area contributed by atoms with E-state index in [1.165, 1.54) is 0 Å². The van der Waals surface area contributed by atoms with Gasteiger partial charge in [-0.05, 0) is 29.9 Å². The molecule has 106 valence electrons. The van der Waals surface area contributed by atoms with Crippen molar-refractivity contribution in [3.8, 4) is 11.5 Å². The van der Waals surface area contributed by atoms with Crippen molar-refractivity contribution >= 4 is 23.3 Å². The molecule has 0 spiro atoms. The van der Waals surface area contributed by atoms with Gasteiger partial charge in [-0.15, -0.1) is 0 Å². The van der Waals surface area contributed by atoms with Crippen LogP contribution in [0.1, 0.15) is 12.0 Å². The molecule has 1 unspecified atom stereocenters. The summed E-state index contributed by atoms with van der Waals surface area (Å²) >= 11 is 5.16. The Labute approximate surface area is 121 Å². The molecule has 0 aliphatic carbocycles. The van der Waals surface area contributed by atoms with Crippen molar-refractivity contribution in [2.24, 2.45) is 0 Å². The molecule has 7 heteroatoms. The predicted octanol–water partition coefficient (Wildman–Crippen LogP) is 0.695. The smallest absolute Gasteiger partial charge is 0.328 e. The second-order valence-electron chi connectivity index (χ2n) is 4.52. The number of esters is 1. The van der Waals surface area contributed by atoms with Crippen LogP contribution in [0.4, 0.5) is 0 Å². The summed E-state index contributed by atoms with van der Waals surface area (Å²) in [5.41, 5.74) is 1.02. The molecule has 1 fully saturated rings. The Bertz CT molecular complexity index is 549. The van der Waals surface area contributed by atoms with Gasteiger partial charge in [0.05, 0.1) is 6.61 Å². The Morgan fingerprint density at radius 3 is 2.95 bits per heavy atom. The summed E-state index contributed by atoms with van der Waals surface area (Å²) in [6, 6.07) is 5.37. The number of hydrogen-bond donors (Lipinski definition) is 2. The molecule has 1 saturated heterocycles. The number of thiocarbonyl (C=S) groups is 1. The van der Waals surface area contributed by atoms with E-state index in [9.17, 15) is 4.79 Å². The lowest BCUT2D eigenvalue weighted by Crippen LogP contribution is -2.43. The van der Waals surface area contributed by atoms with Crippen molar-refractivity contribution in [2.75, 3.05) is 13.4 Å². The van der Waals surface area contributed by atoms with Crippen molar-refractivity contribution in [3.05, 3.63) is 23.8 Å². The highest BCUT2D eigenvalue weighted by atomic mass is 32.1. The maximum atomic E-state index is 11.3. The topological polar surface area (TPSA) is 68.8 Å². The summed E-state index contributed by atoms with van der Waals surface area (Å²) in [6.07, 6.45) is 0.644. The number of rotatable bonds is 3. The van der Waals surface area contributed by atoms with Crippen LogP contribution in [-0.2, 0) is 16.1 Å². The van der Waals surface area contributed by atoms with Crippen LogP contribution in [0.15, 0.2) is 18.2 Å². The first-order valence-electron chi connectivity index (χ1n) is 6.32. The molecule has 1 aromatic carbocycles. The highest BCUT2D eigenvalue weighted by Crippen LogP contribution is 2.32. The van der Waals surface area contributed by atoms with Gasteiger partial charge < -0.3 is 24.8 Å². The lowest BCUT2D eigenvalue weighted by Gasteiger charge is -2.13. The third-order valence-corrected chi connectivity index (χ3v) is 3.39. The van der Waals surface area contributed by atoms with Gasteiger partial charge in [0.2, 0.25) is 6.79 Å². The van der Waals surface area contributed by atoms with E-state index >= 15 is 0 Å². The molecule has 6 nitrogen and oxygen atoms in total. The summed E-state index contributed by atoms with van der Waals surface area (Å²) in [7, 11) is 0. The summed E-state index contributed by atoms with van der Waals surface area (Å²) < 4.78 is 15.4. The van der Waals surface area contributed by atoms with E-state index in [-0.39, 0.29) is 18.8 Å². The number of carbonyl (C=O) groups is 1. The van der Waals surface area contributed by atoms with Crippen LogP contribution in [0.25, 0.3) is 0 Å². The number of hydrogen-bond acceptors (Lipinski definition) is 5. The third kappa shape index (κ3) is 2.77. The summed E-state index contributed by atoms with van der Waals surface area (Å²) in [4.78, 5) is 11.3. The molecule has 0 amide bonds. The number of nitrogens with one attached hydrogen (secondary N) is 2. The molecule has 2 heterocycles. The Morgan fingerprint density at radius 2 is 2.15 bits per heavy atom. The van der Waals surface area contributed by atoms with E-state index in [2.05, 4.69) is 10.6 Å². The highest BCUT2D eigenvalue weighted by Gasteiger charge is 2.26. The second-order valence-corrected chi connectivity index (χ2v) is 4.93. The molecule has 0 bridgehead atoms. The lowest BCUT2D eigenvalue weighted by atomic mass is 10.2. The van der Waals surface area contributed by atoms with E-state index in [0.29, 0.717) is 24.7 Å². The Balaban J connectivity index is 1.51. The largest absolute Gasteiger partial charge is 0.464 e. The van der Waals surface area contributed by atoms with Crippen LogP contribution in [-0.4, -0.2) is 30.5 Å². The van der Waals surface area contributed by atoms with E-state index in [1.807, 2.05) is 18.2 Å². The minimum absolute atomic E-state index is 0.253. The Hall–Kier alpha value is -2.02. The number of carbonyl (C=O) groups excluding carboxylic acids is 1. The van der Waals surface area contributed by atoms with Crippen LogP contribution in [0.2, 0.25) is 0 Å². The van der Waals surface area contributed by atoms with Crippen LogP contribution in [0, 0.1) is 0 Å². The summed E-state index contributed by atoms with van der Waals surface area (Å²) in [6.45, 7) is 1.25. The van der Waals surface area contributed by atoms with Crippen LogP contribution in [0.5, 0.6) is 11.5 Å². The second kappa shape index (κ2) is 5.54. The summed E-state index contributed by atoms with van der Waals surface area (Å²) in [5.74, 6) is 1.24. The lowest BCUT2D eigenvalue weighted by molar-refractivity contribution is -0.139. The molecular weight excluding hydrogens is 280 g/mol. The van der Waals surface area contributed by atoms with Gasteiger partial charge in [-0.25, -0.2) is 4.79 Å². The van der Waals surface area contributed by atoms with Crippen molar-refractivity contribution in [2.45, 2.75) is 19.0 Å². The first-order chi connectivity index (χ1) is 9.72. The number of ether oxygens (including phenoxy) is 3. The average molecular weight is 294 g/mol. The molecule has 0 radical (unpaired) electrons. The van der Waals surface area contributed by atoms with Crippen molar-refractivity contribution < 1.29 is 19.0 Å². The number of fused-ring (bicyclic) bond motifs is 1. The standard InChI is InChI=1S/C13H14N2O4S/c16-12-9(3-4-17-12)15-13(20)14-6-8-1-2-10-11(5-8)19-7-18-10/h1-2,5,9H,3-4,6-7H2,(H2,14,15,20). The first-order valence-corrected chi connectivity index (χ1v) is 6.73. The molecule has 2 N–H and O–H groups in total. The van der Waals surface area contributed by atoms with Gasteiger partial charge in [-0.3, -0.25) is 0 Å². The minimum Gasteiger partial charge on any atom is -0.464 e. The molecule has 20 heavy (non-hydrogen) atoms. The number of cyclic esters (lactones) is 1. The molecule has 1 atom stereocenters. The monoisotopic (exact) mass is 294 g/mol.